The smallest absolute Gasteiger partial charge is 0.173 e. The van der Waals surface area contributed by atoms with Gasteiger partial charge in [-0.3, -0.25) is 0 Å². The molecule has 0 spiro atoms. The van der Waals surface area contributed by atoms with Crippen LogP contribution in [0, 0.1) is 0 Å². The van der Waals surface area contributed by atoms with E-state index in [1.54, 1.807) is 61.7 Å². The normalized spacial score (nSPS) is 11.7. The lowest BCUT2D eigenvalue weighted by Gasteiger charge is -2.27. The van der Waals surface area contributed by atoms with E-state index in [9.17, 15) is 5.11 Å². The first-order valence-electron chi connectivity index (χ1n) is 8.33. The van der Waals surface area contributed by atoms with Crippen LogP contribution < -0.4 is 4.74 Å². The number of aliphatic hydroxyl groups is 1. The van der Waals surface area contributed by atoms with Crippen LogP contribution >= 0.6 is 23.2 Å². The molecule has 0 radical (unpaired) electrons. The van der Waals surface area contributed by atoms with Crippen LogP contribution in [0.25, 0.3) is 11.0 Å². The lowest BCUT2D eigenvalue weighted by atomic mass is 9.84. The maximum Gasteiger partial charge on any atom is 0.173 e. The van der Waals surface area contributed by atoms with E-state index < -0.39 is 5.60 Å². The summed E-state index contributed by atoms with van der Waals surface area (Å²) in [6.07, 6.45) is 0. The van der Waals surface area contributed by atoms with Crippen LogP contribution in [0.3, 0.4) is 0 Å². The molecular formula is C22H16Cl2O3. The van der Waals surface area contributed by atoms with E-state index in [0.29, 0.717) is 38.3 Å². The summed E-state index contributed by atoms with van der Waals surface area (Å²) in [5.74, 6) is 1.08. The second-order valence-corrected chi connectivity index (χ2v) is 7.11. The van der Waals surface area contributed by atoms with Crippen molar-refractivity contribution in [2.75, 3.05) is 7.11 Å². The average molecular weight is 399 g/mol. The van der Waals surface area contributed by atoms with E-state index in [1.807, 2.05) is 18.2 Å². The number of rotatable bonds is 4. The molecule has 0 aliphatic heterocycles. The van der Waals surface area contributed by atoms with Gasteiger partial charge in [0.1, 0.15) is 17.1 Å². The molecule has 1 N–H and O–H groups in total. The summed E-state index contributed by atoms with van der Waals surface area (Å²) in [5, 5.41) is 13.9. The number of fused-ring (bicyclic) bond motifs is 1. The summed E-state index contributed by atoms with van der Waals surface area (Å²) in [6.45, 7) is 0. The summed E-state index contributed by atoms with van der Waals surface area (Å²) >= 11 is 12.1. The number of benzene rings is 3. The zero-order valence-corrected chi connectivity index (χ0v) is 16.0. The highest BCUT2D eigenvalue weighted by Crippen LogP contribution is 2.40. The Balaban J connectivity index is 1.94. The zero-order valence-electron chi connectivity index (χ0n) is 14.4. The quantitative estimate of drug-likeness (QED) is 0.456. The van der Waals surface area contributed by atoms with Gasteiger partial charge in [0.2, 0.25) is 0 Å². The third-order valence-corrected chi connectivity index (χ3v) is 5.11. The lowest BCUT2D eigenvalue weighted by molar-refractivity contribution is 0.101. The third kappa shape index (κ3) is 3.19. The van der Waals surface area contributed by atoms with Crippen molar-refractivity contribution >= 4 is 34.2 Å². The lowest BCUT2D eigenvalue weighted by Crippen LogP contribution is -2.28. The Bertz CT molecular complexity index is 1040. The number of ether oxygens (including phenoxy) is 1. The second kappa shape index (κ2) is 6.93. The summed E-state index contributed by atoms with van der Waals surface area (Å²) < 4.78 is 11.3. The summed E-state index contributed by atoms with van der Waals surface area (Å²) in [5.41, 5.74) is 0.410. The molecule has 5 heteroatoms. The van der Waals surface area contributed by atoms with Crippen LogP contribution in [0.15, 0.2) is 77.2 Å². The van der Waals surface area contributed by atoms with Gasteiger partial charge in [0.25, 0.3) is 0 Å². The molecule has 0 fully saturated rings. The Kier molecular flexibility index (Phi) is 4.60. The van der Waals surface area contributed by atoms with Crippen molar-refractivity contribution in [3.8, 4) is 5.75 Å². The van der Waals surface area contributed by atoms with Gasteiger partial charge in [-0.25, -0.2) is 0 Å². The molecular weight excluding hydrogens is 383 g/mol. The third-order valence-electron chi connectivity index (χ3n) is 4.61. The number of methoxy groups -OCH3 is 1. The zero-order chi connectivity index (χ0) is 19.0. The standard InChI is InChI=1S/C22H16Cl2O3/c1-26-19-11-2-14-12-21(27-20(14)13-19)22(25,15-3-7-17(23)8-4-15)16-5-9-18(24)10-6-16/h2-13,25H,1H3. The molecule has 0 atom stereocenters. The van der Waals surface area contributed by atoms with Crippen LogP contribution in [0.4, 0.5) is 0 Å². The second-order valence-electron chi connectivity index (χ2n) is 6.24. The molecule has 0 unspecified atom stereocenters. The molecule has 3 aromatic carbocycles. The first-order valence-corrected chi connectivity index (χ1v) is 9.09. The van der Waals surface area contributed by atoms with Crippen molar-refractivity contribution in [1.82, 2.24) is 0 Å². The maximum absolute atomic E-state index is 11.8. The fraction of sp³-hybridized carbons (Fsp3) is 0.0909. The number of furan rings is 1. The van der Waals surface area contributed by atoms with Crippen molar-refractivity contribution in [2.45, 2.75) is 5.60 Å². The maximum atomic E-state index is 11.8. The van der Waals surface area contributed by atoms with E-state index in [0.717, 1.165) is 5.39 Å². The molecule has 0 amide bonds. The molecule has 1 heterocycles. The van der Waals surface area contributed by atoms with Gasteiger partial charge >= 0.3 is 0 Å². The summed E-state index contributed by atoms with van der Waals surface area (Å²) in [4.78, 5) is 0. The number of hydrogen-bond donors (Lipinski definition) is 1. The van der Waals surface area contributed by atoms with Crippen molar-refractivity contribution < 1.29 is 14.3 Å². The molecule has 27 heavy (non-hydrogen) atoms. The molecule has 0 aliphatic carbocycles. The summed E-state index contributed by atoms with van der Waals surface area (Å²) in [7, 11) is 1.60. The van der Waals surface area contributed by atoms with Gasteiger partial charge in [-0.2, -0.15) is 0 Å². The highest BCUT2D eigenvalue weighted by atomic mass is 35.5. The molecule has 1 aromatic heterocycles. The fourth-order valence-electron chi connectivity index (χ4n) is 3.15. The first kappa shape index (κ1) is 17.9. The van der Waals surface area contributed by atoms with Crippen LogP contribution in [0.1, 0.15) is 16.9 Å². The predicted octanol–water partition coefficient (Wildman–Crippen LogP) is 6.03. The van der Waals surface area contributed by atoms with Crippen molar-refractivity contribution in [3.05, 3.63) is 99.7 Å². The largest absolute Gasteiger partial charge is 0.497 e. The Hall–Kier alpha value is -2.46. The van der Waals surface area contributed by atoms with Gasteiger partial charge < -0.3 is 14.3 Å². The van der Waals surface area contributed by atoms with Crippen molar-refractivity contribution in [3.63, 3.8) is 0 Å². The Morgan fingerprint density at radius 2 is 1.37 bits per heavy atom. The van der Waals surface area contributed by atoms with E-state index in [4.69, 9.17) is 32.4 Å². The highest BCUT2D eigenvalue weighted by molar-refractivity contribution is 6.30. The Morgan fingerprint density at radius 3 is 1.89 bits per heavy atom. The molecule has 4 rings (SSSR count). The van der Waals surface area contributed by atoms with Crippen molar-refractivity contribution in [1.29, 1.82) is 0 Å². The van der Waals surface area contributed by atoms with Crippen LogP contribution in [-0.4, -0.2) is 12.2 Å². The SMILES string of the molecule is COc1ccc2cc(C(O)(c3ccc(Cl)cc3)c3ccc(Cl)cc3)oc2c1. The van der Waals surface area contributed by atoms with Crippen LogP contribution in [-0.2, 0) is 5.60 Å². The van der Waals surface area contributed by atoms with Gasteiger partial charge in [-0.15, -0.1) is 0 Å². The summed E-state index contributed by atoms with van der Waals surface area (Å²) in [6, 6.07) is 21.5. The minimum absolute atomic E-state index is 0.399. The first-order chi connectivity index (χ1) is 13.0. The number of halogens is 2. The molecule has 136 valence electrons. The van der Waals surface area contributed by atoms with Gasteiger partial charge in [0, 0.05) is 21.5 Å². The van der Waals surface area contributed by atoms with Crippen LogP contribution in [0.5, 0.6) is 5.75 Å². The Morgan fingerprint density at radius 1 is 0.815 bits per heavy atom. The van der Waals surface area contributed by atoms with Crippen LogP contribution in [0.2, 0.25) is 10.0 Å². The molecule has 0 saturated carbocycles. The number of hydrogen-bond acceptors (Lipinski definition) is 3. The van der Waals surface area contributed by atoms with Gasteiger partial charge in [0.05, 0.1) is 7.11 Å². The van der Waals surface area contributed by atoms with E-state index in [1.165, 1.54) is 0 Å². The van der Waals surface area contributed by atoms with Crippen molar-refractivity contribution in [2.24, 2.45) is 0 Å². The Labute approximate surface area is 166 Å². The monoisotopic (exact) mass is 398 g/mol. The molecule has 3 nitrogen and oxygen atoms in total. The van der Waals surface area contributed by atoms with E-state index in [-0.39, 0.29) is 0 Å². The molecule has 0 saturated heterocycles. The fourth-order valence-corrected chi connectivity index (χ4v) is 3.40. The highest BCUT2D eigenvalue weighted by Gasteiger charge is 2.37. The topological polar surface area (TPSA) is 42.6 Å². The minimum atomic E-state index is -1.50. The van der Waals surface area contributed by atoms with Gasteiger partial charge in [0.15, 0.2) is 5.60 Å². The average Bonchev–Trinajstić information content (AvgIpc) is 3.12. The van der Waals surface area contributed by atoms with E-state index in [2.05, 4.69) is 0 Å². The van der Waals surface area contributed by atoms with Gasteiger partial charge in [-0.05, 0) is 53.6 Å². The van der Waals surface area contributed by atoms with E-state index >= 15 is 0 Å². The van der Waals surface area contributed by atoms with Gasteiger partial charge in [-0.1, -0.05) is 47.5 Å². The predicted molar refractivity (Wildman–Crippen MR) is 108 cm³/mol. The molecule has 0 aliphatic rings. The molecule has 4 aromatic rings. The minimum Gasteiger partial charge on any atom is -0.497 e. The molecule has 0 bridgehead atoms.